The minimum atomic E-state index is 0.0959. The molecule has 1 aromatic rings. The molecule has 1 saturated heterocycles. The van der Waals surface area contributed by atoms with Gasteiger partial charge in [-0.2, -0.15) is 0 Å². The smallest absolute Gasteiger partial charge is 0.236 e. The van der Waals surface area contributed by atoms with Crippen molar-refractivity contribution in [2.45, 2.75) is 31.8 Å². The monoisotopic (exact) mass is 287 g/mol. The maximum atomic E-state index is 11.7. The fourth-order valence-electron chi connectivity index (χ4n) is 3.27. The van der Waals surface area contributed by atoms with E-state index in [4.69, 9.17) is 5.73 Å². The molecule has 0 spiro atoms. The highest BCUT2D eigenvalue weighted by Gasteiger charge is 2.33. The summed E-state index contributed by atoms with van der Waals surface area (Å²) in [6.45, 7) is 4.04. The topological polar surface area (TPSA) is 49.6 Å². The Kier molecular flexibility index (Phi) is 4.56. The van der Waals surface area contributed by atoms with Crippen LogP contribution in [-0.4, -0.2) is 47.9 Å². The van der Waals surface area contributed by atoms with Gasteiger partial charge in [-0.15, -0.1) is 0 Å². The molecular weight excluding hydrogens is 262 g/mol. The average molecular weight is 287 g/mol. The maximum absolute atomic E-state index is 11.7. The van der Waals surface area contributed by atoms with Crippen molar-refractivity contribution in [1.82, 2.24) is 9.80 Å². The summed E-state index contributed by atoms with van der Waals surface area (Å²) in [4.78, 5) is 16.2. The second-order valence-corrected chi connectivity index (χ2v) is 6.34. The first-order chi connectivity index (χ1) is 10.3. The first-order valence-electron chi connectivity index (χ1n) is 8.02. The Hall–Kier alpha value is -1.39. The molecule has 1 aromatic carbocycles. The molecule has 1 aliphatic heterocycles. The molecule has 1 amide bonds. The fraction of sp³-hybridized carbons (Fsp3) is 0.588. The summed E-state index contributed by atoms with van der Waals surface area (Å²) in [5, 5.41) is 0. The lowest BCUT2D eigenvalue weighted by Gasteiger charge is -2.25. The number of amides is 1. The molecule has 21 heavy (non-hydrogen) atoms. The predicted molar refractivity (Wildman–Crippen MR) is 83.6 cm³/mol. The average Bonchev–Trinajstić information content (AvgIpc) is 3.26. The minimum absolute atomic E-state index is 0.0959. The van der Waals surface area contributed by atoms with Crippen molar-refractivity contribution in [1.29, 1.82) is 0 Å². The van der Waals surface area contributed by atoms with Crippen LogP contribution in [0.4, 0.5) is 0 Å². The minimum Gasteiger partial charge on any atom is -0.341 e. The summed E-state index contributed by atoms with van der Waals surface area (Å²) >= 11 is 0. The highest BCUT2D eigenvalue weighted by Crippen LogP contribution is 2.30. The van der Waals surface area contributed by atoms with E-state index in [-0.39, 0.29) is 12.5 Å². The molecule has 3 rings (SSSR count). The van der Waals surface area contributed by atoms with E-state index < -0.39 is 0 Å². The molecule has 2 N–H and O–H groups in total. The number of benzene rings is 1. The van der Waals surface area contributed by atoms with Crippen molar-refractivity contribution in [3.63, 3.8) is 0 Å². The van der Waals surface area contributed by atoms with Gasteiger partial charge >= 0.3 is 0 Å². The molecular formula is C17H25N3O. The molecule has 4 heteroatoms. The van der Waals surface area contributed by atoms with E-state index in [1.54, 1.807) is 0 Å². The summed E-state index contributed by atoms with van der Waals surface area (Å²) in [6, 6.07) is 11.4. The van der Waals surface area contributed by atoms with Crippen molar-refractivity contribution in [2.75, 3.05) is 26.2 Å². The van der Waals surface area contributed by atoms with Crippen LogP contribution >= 0.6 is 0 Å². The quantitative estimate of drug-likeness (QED) is 0.862. The lowest BCUT2D eigenvalue weighted by molar-refractivity contribution is -0.128. The molecule has 114 valence electrons. The van der Waals surface area contributed by atoms with Crippen molar-refractivity contribution in [3.05, 3.63) is 35.9 Å². The first-order valence-corrected chi connectivity index (χ1v) is 8.02. The summed E-state index contributed by atoms with van der Waals surface area (Å²) in [7, 11) is 0. The molecule has 2 fully saturated rings. The molecule has 1 heterocycles. The number of hydrogen-bond donors (Lipinski definition) is 1. The largest absolute Gasteiger partial charge is 0.341 e. The highest BCUT2D eigenvalue weighted by atomic mass is 16.2. The van der Waals surface area contributed by atoms with Crippen LogP contribution in [0.3, 0.4) is 0 Å². The normalized spacial score (nSPS) is 22.0. The zero-order chi connectivity index (χ0) is 14.7. The third kappa shape index (κ3) is 3.83. The van der Waals surface area contributed by atoms with Gasteiger partial charge in [0.2, 0.25) is 5.91 Å². The molecule has 1 atom stereocenters. The number of carbonyl (C=O) groups excluding carboxylic acids is 1. The third-order valence-corrected chi connectivity index (χ3v) is 4.60. The van der Waals surface area contributed by atoms with Crippen LogP contribution in [0.15, 0.2) is 30.3 Å². The zero-order valence-electron chi connectivity index (χ0n) is 12.6. The SMILES string of the molecule is NCC(=O)N1CC[C@@H](CN(Cc2ccccc2)C2CC2)C1. The van der Waals surface area contributed by atoms with Crippen molar-refractivity contribution in [3.8, 4) is 0 Å². The van der Waals surface area contributed by atoms with Gasteiger partial charge in [-0.1, -0.05) is 30.3 Å². The number of carbonyl (C=O) groups is 1. The Labute approximate surface area is 126 Å². The lowest BCUT2D eigenvalue weighted by atomic mass is 10.1. The van der Waals surface area contributed by atoms with Crippen LogP contribution in [0.2, 0.25) is 0 Å². The standard InChI is InChI=1S/C17H25N3O/c18-10-17(21)19-9-8-15(12-19)13-20(16-6-7-16)11-14-4-2-1-3-5-14/h1-5,15-16H,6-13,18H2/t15-/m1/s1. The number of nitrogens with two attached hydrogens (primary N) is 1. The summed E-state index contributed by atoms with van der Waals surface area (Å²) < 4.78 is 0. The number of nitrogens with zero attached hydrogens (tertiary/aromatic N) is 2. The number of rotatable bonds is 6. The lowest BCUT2D eigenvalue weighted by Crippen LogP contribution is -2.36. The predicted octanol–water partition coefficient (Wildman–Crippen LogP) is 1.46. The fourth-order valence-corrected chi connectivity index (χ4v) is 3.27. The van der Waals surface area contributed by atoms with E-state index in [0.717, 1.165) is 38.6 Å². The van der Waals surface area contributed by atoms with Gasteiger partial charge in [0, 0.05) is 32.2 Å². The summed E-state index contributed by atoms with van der Waals surface area (Å²) in [5.74, 6) is 0.698. The van der Waals surface area contributed by atoms with Crippen molar-refractivity contribution >= 4 is 5.91 Å². The van der Waals surface area contributed by atoms with Crippen LogP contribution in [0, 0.1) is 5.92 Å². The van der Waals surface area contributed by atoms with E-state index in [1.165, 1.54) is 18.4 Å². The van der Waals surface area contributed by atoms with Gasteiger partial charge in [0.15, 0.2) is 0 Å². The molecule has 2 aliphatic rings. The second-order valence-electron chi connectivity index (χ2n) is 6.34. The highest BCUT2D eigenvalue weighted by molar-refractivity contribution is 5.78. The second kappa shape index (κ2) is 6.58. The molecule has 0 aromatic heterocycles. The molecule has 0 unspecified atom stereocenters. The Morgan fingerprint density at radius 1 is 1.24 bits per heavy atom. The van der Waals surface area contributed by atoms with Gasteiger partial charge in [0.25, 0.3) is 0 Å². The maximum Gasteiger partial charge on any atom is 0.236 e. The number of likely N-dealkylation sites (tertiary alicyclic amines) is 1. The molecule has 4 nitrogen and oxygen atoms in total. The van der Waals surface area contributed by atoms with E-state index in [9.17, 15) is 4.79 Å². The van der Waals surface area contributed by atoms with Crippen molar-refractivity contribution in [2.24, 2.45) is 11.7 Å². The van der Waals surface area contributed by atoms with E-state index >= 15 is 0 Å². The van der Waals surface area contributed by atoms with Crippen LogP contribution in [0.25, 0.3) is 0 Å². The Balaban J connectivity index is 1.55. The summed E-state index contributed by atoms with van der Waals surface area (Å²) in [6.07, 6.45) is 3.76. The molecule has 1 saturated carbocycles. The Bertz CT molecular complexity index is 472. The van der Waals surface area contributed by atoms with Crippen LogP contribution < -0.4 is 5.73 Å². The van der Waals surface area contributed by atoms with E-state index in [0.29, 0.717) is 5.92 Å². The van der Waals surface area contributed by atoms with E-state index in [1.807, 2.05) is 4.90 Å². The van der Waals surface area contributed by atoms with Crippen LogP contribution in [0.1, 0.15) is 24.8 Å². The van der Waals surface area contributed by atoms with Gasteiger partial charge in [-0.05, 0) is 30.7 Å². The van der Waals surface area contributed by atoms with Gasteiger partial charge < -0.3 is 10.6 Å². The molecule has 0 radical (unpaired) electrons. The Morgan fingerprint density at radius 3 is 2.67 bits per heavy atom. The van der Waals surface area contributed by atoms with Gasteiger partial charge in [-0.3, -0.25) is 9.69 Å². The van der Waals surface area contributed by atoms with Gasteiger partial charge in [-0.25, -0.2) is 0 Å². The van der Waals surface area contributed by atoms with Crippen molar-refractivity contribution < 1.29 is 4.79 Å². The van der Waals surface area contributed by atoms with Gasteiger partial charge in [0.1, 0.15) is 0 Å². The van der Waals surface area contributed by atoms with Crippen LogP contribution in [-0.2, 0) is 11.3 Å². The molecule has 0 bridgehead atoms. The zero-order valence-corrected chi connectivity index (χ0v) is 12.6. The summed E-state index contributed by atoms with van der Waals surface area (Å²) in [5.41, 5.74) is 6.84. The number of hydrogen-bond acceptors (Lipinski definition) is 3. The Morgan fingerprint density at radius 2 is 2.00 bits per heavy atom. The third-order valence-electron chi connectivity index (χ3n) is 4.60. The van der Waals surface area contributed by atoms with Gasteiger partial charge in [0.05, 0.1) is 6.54 Å². The van der Waals surface area contributed by atoms with E-state index in [2.05, 4.69) is 35.2 Å². The molecule has 1 aliphatic carbocycles. The van der Waals surface area contributed by atoms with Crippen LogP contribution in [0.5, 0.6) is 0 Å². The first kappa shape index (κ1) is 14.5.